The summed E-state index contributed by atoms with van der Waals surface area (Å²) >= 11 is 1.39. The fraction of sp³-hybridized carbons (Fsp3) is 0.455. The highest BCUT2D eigenvalue weighted by atomic mass is 32.1. The zero-order valence-electron chi connectivity index (χ0n) is 18.9. The number of ether oxygens (including phenoxy) is 3. The lowest BCUT2D eigenvalue weighted by molar-refractivity contribution is -0.0498. The molecule has 14 heteroatoms. The van der Waals surface area contributed by atoms with Crippen LogP contribution in [-0.4, -0.2) is 66.3 Å². The second-order valence-electron chi connectivity index (χ2n) is 8.60. The molecule has 2 unspecified atom stereocenters. The Labute approximate surface area is 207 Å². The molecule has 2 fully saturated rings. The van der Waals surface area contributed by atoms with Gasteiger partial charge in [-0.25, -0.2) is 9.78 Å². The van der Waals surface area contributed by atoms with Crippen molar-refractivity contribution in [1.29, 1.82) is 0 Å². The number of alkyl halides is 2. The molecule has 190 valence electrons. The number of halogens is 2. The lowest BCUT2D eigenvalue weighted by Crippen LogP contribution is -2.51. The zero-order valence-corrected chi connectivity index (χ0v) is 19.7. The van der Waals surface area contributed by atoms with E-state index in [1.54, 1.807) is 12.1 Å². The fourth-order valence-electron chi connectivity index (χ4n) is 4.64. The number of rotatable bonds is 6. The van der Waals surface area contributed by atoms with E-state index in [1.165, 1.54) is 23.5 Å². The number of benzene rings is 1. The first-order chi connectivity index (χ1) is 17.5. The number of amides is 2. The molecule has 2 aromatic heterocycles. The van der Waals surface area contributed by atoms with Crippen molar-refractivity contribution < 1.29 is 32.2 Å². The average Bonchev–Trinajstić information content (AvgIpc) is 3.60. The first-order valence-corrected chi connectivity index (χ1v) is 12.2. The summed E-state index contributed by atoms with van der Waals surface area (Å²) in [5.41, 5.74) is 1.37. The predicted octanol–water partition coefficient (Wildman–Crippen LogP) is 3.21. The van der Waals surface area contributed by atoms with Gasteiger partial charge in [-0.3, -0.25) is 5.32 Å². The van der Waals surface area contributed by atoms with E-state index in [1.807, 2.05) is 4.90 Å². The van der Waals surface area contributed by atoms with Crippen LogP contribution in [0.15, 0.2) is 28.7 Å². The molecule has 3 aliphatic rings. The summed E-state index contributed by atoms with van der Waals surface area (Å²) in [7, 11) is 0. The predicted molar refractivity (Wildman–Crippen MR) is 123 cm³/mol. The molecule has 0 saturated carbocycles. The third kappa shape index (κ3) is 4.58. The molecule has 1 aromatic carbocycles. The number of fused-ring (bicyclic) bond motifs is 4. The second kappa shape index (κ2) is 9.59. The fourth-order valence-corrected chi connectivity index (χ4v) is 5.71. The van der Waals surface area contributed by atoms with E-state index in [-0.39, 0.29) is 35.8 Å². The Hall–Kier alpha value is -3.36. The maximum atomic E-state index is 12.6. The third-order valence-electron chi connectivity index (χ3n) is 6.20. The van der Waals surface area contributed by atoms with Crippen molar-refractivity contribution in [1.82, 2.24) is 20.5 Å². The minimum Gasteiger partial charge on any atom is -0.435 e. The Morgan fingerprint density at radius 2 is 2.14 bits per heavy atom. The number of nitrogens with one attached hydrogen (secondary N) is 2. The van der Waals surface area contributed by atoms with Crippen LogP contribution in [0.3, 0.4) is 0 Å². The van der Waals surface area contributed by atoms with Gasteiger partial charge in [0.25, 0.3) is 0 Å². The summed E-state index contributed by atoms with van der Waals surface area (Å²) in [6.45, 7) is -0.933. The SMILES string of the molecule is O=C(Nc1nc2c(s1)C1COCC(C2)N1c1nnc(-c2cccc(OC(F)F)c2)o1)N[C@H]1CCOC1. The van der Waals surface area contributed by atoms with Crippen molar-refractivity contribution in [2.45, 2.75) is 37.6 Å². The number of carbonyl (C=O) groups excluding carboxylic acids is 1. The Morgan fingerprint density at radius 3 is 2.97 bits per heavy atom. The van der Waals surface area contributed by atoms with Crippen molar-refractivity contribution in [3.8, 4) is 17.2 Å². The first kappa shape index (κ1) is 23.1. The van der Waals surface area contributed by atoms with E-state index < -0.39 is 6.61 Å². The molecular formula is C22H22F2N6O5S. The van der Waals surface area contributed by atoms with E-state index >= 15 is 0 Å². The summed E-state index contributed by atoms with van der Waals surface area (Å²) in [4.78, 5) is 20.0. The van der Waals surface area contributed by atoms with Gasteiger partial charge in [-0.15, -0.1) is 5.10 Å². The number of nitrogens with zero attached hydrogens (tertiary/aromatic N) is 4. The van der Waals surface area contributed by atoms with Gasteiger partial charge in [-0.05, 0) is 24.6 Å². The normalized spacial score (nSPS) is 23.0. The molecule has 0 spiro atoms. The molecule has 2 amide bonds. The minimum atomic E-state index is -2.93. The van der Waals surface area contributed by atoms with E-state index in [2.05, 4.69) is 30.6 Å². The molecule has 11 nitrogen and oxygen atoms in total. The Kier molecular flexibility index (Phi) is 6.15. The average molecular weight is 521 g/mol. The van der Waals surface area contributed by atoms with Crippen molar-refractivity contribution in [2.75, 3.05) is 36.6 Å². The van der Waals surface area contributed by atoms with E-state index in [9.17, 15) is 13.6 Å². The number of hydrogen-bond acceptors (Lipinski definition) is 10. The highest BCUT2D eigenvalue weighted by Crippen LogP contribution is 2.43. The van der Waals surface area contributed by atoms with Gasteiger partial charge in [0, 0.05) is 18.6 Å². The minimum absolute atomic E-state index is 0.00274. The quantitative estimate of drug-likeness (QED) is 0.504. The monoisotopic (exact) mass is 520 g/mol. The number of urea groups is 1. The van der Waals surface area contributed by atoms with Crippen LogP contribution in [0.25, 0.3) is 11.5 Å². The van der Waals surface area contributed by atoms with E-state index in [0.29, 0.717) is 49.6 Å². The number of morpholine rings is 1. The van der Waals surface area contributed by atoms with Crippen molar-refractivity contribution in [2.24, 2.45) is 0 Å². The van der Waals surface area contributed by atoms with Gasteiger partial charge >= 0.3 is 18.7 Å². The van der Waals surface area contributed by atoms with Crippen molar-refractivity contribution in [3.05, 3.63) is 34.8 Å². The smallest absolute Gasteiger partial charge is 0.387 e. The van der Waals surface area contributed by atoms with E-state index in [4.69, 9.17) is 13.9 Å². The van der Waals surface area contributed by atoms with Gasteiger partial charge in [-0.1, -0.05) is 22.5 Å². The van der Waals surface area contributed by atoms with Crippen LogP contribution in [-0.2, 0) is 15.9 Å². The molecule has 3 atom stereocenters. The lowest BCUT2D eigenvalue weighted by Gasteiger charge is -2.43. The molecule has 3 aliphatic heterocycles. The molecule has 3 aromatic rings. The van der Waals surface area contributed by atoms with Gasteiger partial charge in [-0.2, -0.15) is 8.78 Å². The summed E-state index contributed by atoms with van der Waals surface area (Å²) in [6, 6.07) is 5.79. The standard InChI is InChI=1S/C22H22F2N6O5S/c23-19(24)34-14-3-1-2-11(6-14)18-28-29-22(35-18)30-13-7-15-17(16(30)10-33-9-13)36-21(26-15)27-20(31)25-12-4-5-32-8-12/h1-3,6,12-13,16,19H,4-5,7-10H2,(H2,25,26,27,31)/t12-,13?,16?/m0/s1. The summed E-state index contributed by atoms with van der Waals surface area (Å²) in [5.74, 6) is 0.193. The van der Waals surface area contributed by atoms with Gasteiger partial charge in [0.05, 0.1) is 48.5 Å². The van der Waals surface area contributed by atoms with Gasteiger partial charge in [0.2, 0.25) is 5.89 Å². The highest BCUT2D eigenvalue weighted by molar-refractivity contribution is 7.16. The molecular weight excluding hydrogens is 498 g/mol. The van der Waals surface area contributed by atoms with Crippen LogP contribution in [0.1, 0.15) is 23.0 Å². The van der Waals surface area contributed by atoms with Crippen LogP contribution >= 0.6 is 11.3 Å². The van der Waals surface area contributed by atoms with Crippen molar-refractivity contribution in [3.63, 3.8) is 0 Å². The van der Waals surface area contributed by atoms with Crippen molar-refractivity contribution >= 4 is 28.5 Å². The summed E-state index contributed by atoms with van der Waals surface area (Å²) < 4.78 is 46.7. The number of aromatic nitrogens is 3. The maximum absolute atomic E-state index is 12.6. The number of carbonyl (C=O) groups is 1. The third-order valence-corrected chi connectivity index (χ3v) is 7.32. The summed E-state index contributed by atoms with van der Waals surface area (Å²) in [5, 5.41) is 14.6. The zero-order chi connectivity index (χ0) is 24.6. The highest BCUT2D eigenvalue weighted by Gasteiger charge is 2.43. The van der Waals surface area contributed by atoms with Crippen LogP contribution < -0.4 is 20.3 Å². The topological polar surface area (TPSA) is 124 Å². The van der Waals surface area contributed by atoms with Gasteiger partial charge in [0.1, 0.15) is 5.75 Å². The Balaban J connectivity index is 1.21. The largest absolute Gasteiger partial charge is 0.435 e. The maximum Gasteiger partial charge on any atom is 0.387 e. The summed E-state index contributed by atoms with van der Waals surface area (Å²) in [6.07, 6.45) is 1.37. The lowest BCUT2D eigenvalue weighted by atomic mass is 9.97. The van der Waals surface area contributed by atoms with Crippen LogP contribution in [0.5, 0.6) is 5.75 Å². The molecule has 2 N–H and O–H groups in total. The molecule has 0 radical (unpaired) electrons. The number of thiazole rings is 1. The first-order valence-electron chi connectivity index (χ1n) is 11.4. The number of hydrogen-bond donors (Lipinski definition) is 2. The molecule has 2 saturated heterocycles. The number of anilines is 2. The second-order valence-corrected chi connectivity index (χ2v) is 9.63. The van der Waals surface area contributed by atoms with Crippen LogP contribution in [0, 0.1) is 0 Å². The van der Waals surface area contributed by atoms with E-state index in [0.717, 1.165) is 17.0 Å². The molecule has 2 bridgehead atoms. The van der Waals surface area contributed by atoms with Gasteiger partial charge in [0.15, 0.2) is 5.13 Å². The van der Waals surface area contributed by atoms with Crippen LogP contribution in [0.2, 0.25) is 0 Å². The molecule has 5 heterocycles. The Bertz CT molecular complexity index is 1250. The molecule has 6 rings (SSSR count). The van der Waals surface area contributed by atoms with Gasteiger partial charge < -0.3 is 28.8 Å². The molecule has 0 aliphatic carbocycles. The Morgan fingerprint density at radius 1 is 1.22 bits per heavy atom. The molecule has 36 heavy (non-hydrogen) atoms. The van der Waals surface area contributed by atoms with Crippen LogP contribution in [0.4, 0.5) is 24.7 Å².